The molecule has 1 atom stereocenters. The summed E-state index contributed by atoms with van der Waals surface area (Å²) in [6.45, 7) is 5.44. The summed E-state index contributed by atoms with van der Waals surface area (Å²) in [5, 5.41) is 2.56. The molecular weight excluding hydrogens is 299 g/mol. The molecule has 8 heteroatoms. The fourth-order valence-electron chi connectivity index (χ4n) is 1.74. The quantitative estimate of drug-likeness (QED) is 0.892. The van der Waals surface area contributed by atoms with E-state index in [1.165, 1.54) is 18.2 Å². The van der Waals surface area contributed by atoms with Gasteiger partial charge in [0.25, 0.3) is 0 Å². The number of nitrogens with two attached hydrogens (primary N) is 1. The van der Waals surface area contributed by atoms with Crippen LogP contribution in [0.15, 0.2) is 22.6 Å². The second kappa shape index (κ2) is 5.28. The molecule has 0 saturated heterocycles. The Morgan fingerprint density at radius 1 is 1.32 bits per heavy atom. The molecule has 0 saturated carbocycles. The summed E-state index contributed by atoms with van der Waals surface area (Å²) in [5.41, 5.74) is 5.69. The fraction of sp³-hybridized carbons (Fsp3) is 0.429. The van der Waals surface area contributed by atoms with Crippen LogP contribution in [0.25, 0.3) is 11.1 Å². The smallest absolute Gasteiger partial charge is 0.433 e. The van der Waals surface area contributed by atoms with Gasteiger partial charge in [0.15, 0.2) is 5.58 Å². The molecule has 0 unspecified atom stereocenters. The third-order valence-electron chi connectivity index (χ3n) is 3.11. The number of oxazole rings is 1. The molecule has 1 heterocycles. The Kier molecular flexibility index (Phi) is 3.90. The number of rotatable bonds is 2. The lowest BCUT2D eigenvalue weighted by Gasteiger charge is -2.25. The number of nitrogens with one attached hydrogen (secondary N) is 1. The first-order chi connectivity index (χ1) is 9.98. The highest BCUT2D eigenvalue weighted by Crippen LogP contribution is 2.32. The van der Waals surface area contributed by atoms with Crippen LogP contribution in [0.2, 0.25) is 0 Å². The Hall–Kier alpha value is -2.09. The van der Waals surface area contributed by atoms with Crippen molar-refractivity contribution >= 4 is 22.7 Å². The molecule has 5 nitrogen and oxygen atoms in total. The summed E-state index contributed by atoms with van der Waals surface area (Å²) in [7, 11) is 0. The summed E-state index contributed by atoms with van der Waals surface area (Å²) in [4.78, 5) is 15.4. The minimum atomic E-state index is -4.66. The Morgan fingerprint density at radius 3 is 2.50 bits per heavy atom. The molecule has 0 aliphatic rings. The van der Waals surface area contributed by atoms with Gasteiger partial charge in [-0.05, 0) is 23.6 Å². The second-order valence-electron chi connectivity index (χ2n) is 6.03. The molecule has 1 aromatic heterocycles. The molecule has 120 valence electrons. The van der Waals surface area contributed by atoms with Crippen LogP contribution >= 0.6 is 0 Å². The first-order valence-electron chi connectivity index (χ1n) is 6.53. The zero-order valence-corrected chi connectivity index (χ0v) is 12.3. The van der Waals surface area contributed by atoms with E-state index in [0.29, 0.717) is 5.69 Å². The van der Waals surface area contributed by atoms with E-state index in [-0.39, 0.29) is 11.1 Å². The lowest BCUT2D eigenvalue weighted by Crippen LogP contribution is -2.45. The predicted molar refractivity (Wildman–Crippen MR) is 75.1 cm³/mol. The normalized spacial score (nSPS) is 14.1. The van der Waals surface area contributed by atoms with Gasteiger partial charge in [0, 0.05) is 5.69 Å². The Morgan fingerprint density at radius 2 is 1.95 bits per heavy atom. The summed E-state index contributed by atoms with van der Waals surface area (Å²) in [5.74, 6) is -1.75. The highest BCUT2D eigenvalue weighted by Gasteiger charge is 2.37. The van der Waals surface area contributed by atoms with Gasteiger partial charge in [-0.3, -0.25) is 4.79 Å². The van der Waals surface area contributed by atoms with Crippen LogP contribution in [-0.4, -0.2) is 16.9 Å². The minimum Gasteiger partial charge on any atom is -0.433 e. The van der Waals surface area contributed by atoms with Gasteiger partial charge in [-0.15, -0.1) is 0 Å². The Balaban J connectivity index is 2.25. The van der Waals surface area contributed by atoms with Crippen molar-refractivity contribution in [1.29, 1.82) is 0 Å². The van der Waals surface area contributed by atoms with E-state index in [1.807, 2.05) is 20.8 Å². The van der Waals surface area contributed by atoms with Crippen molar-refractivity contribution in [2.24, 2.45) is 11.1 Å². The van der Waals surface area contributed by atoms with E-state index in [0.717, 1.165) is 0 Å². The van der Waals surface area contributed by atoms with Crippen LogP contribution in [0.5, 0.6) is 0 Å². The molecule has 1 amide bonds. The number of carbonyl (C=O) groups excluding carboxylic acids is 1. The maximum atomic E-state index is 12.5. The number of hydrogen-bond donors (Lipinski definition) is 2. The number of fused-ring (bicyclic) bond motifs is 1. The number of nitrogens with zero attached hydrogens (tertiary/aromatic N) is 1. The standard InChI is InChI=1S/C14H16F3N3O2/c1-13(2,3)10(18)11(21)19-7-4-5-9-8(6-7)20-12(22-9)14(15,16)17/h4-6,10H,18H2,1-3H3,(H,19,21)/t10-/m1/s1. The number of benzene rings is 1. The van der Waals surface area contributed by atoms with Gasteiger partial charge in [0.2, 0.25) is 5.91 Å². The number of amides is 1. The summed E-state index contributed by atoms with van der Waals surface area (Å²) in [6, 6.07) is 3.30. The van der Waals surface area contributed by atoms with Gasteiger partial charge in [0.05, 0.1) is 6.04 Å². The monoisotopic (exact) mass is 315 g/mol. The molecule has 0 radical (unpaired) electrons. The highest BCUT2D eigenvalue weighted by molar-refractivity contribution is 5.96. The fourth-order valence-corrected chi connectivity index (χ4v) is 1.74. The summed E-state index contributed by atoms with van der Waals surface area (Å²) in [6.07, 6.45) is -4.66. The largest absolute Gasteiger partial charge is 0.468 e. The Bertz CT molecular complexity index is 701. The van der Waals surface area contributed by atoms with Crippen LogP contribution < -0.4 is 11.1 Å². The third kappa shape index (κ3) is 3.38. The van der Waals surface area contributed by atoms with E-state index >= 15 is 0 Å². The summed E-state index contributed by atoms with van der Waals surface area (Å²) < 4.78 is 42.2. The van der Waals surface area contributed by atoms with Gasteiger partial charge < -0.3 is 15.5 Å². The maximum Gasteiger partial charge on any atom is 0.468 e. The van der Waals surface area contributed by atoms with E-state index in [4.69, 9.17) is 5.73 Å². The van der Waals surface area contributed by atoms with Gasteiger partial charge >= 0.3 is 12.1 Å². The summed E-state index contributed by atoms with van der Waals surface area (Å²) >= 11 is 0. The van der Waals surface area contributed by atoms with Crippen LogP contribution in [0, 0.1) is 5.41 Å². The van der Waals surface area contributed by atoms with Crippen LogP contribution in [0.1, 0.15) is 26.7 Å². The first kappa shape index (κ1) is 16.3. The predicted octanol–water partition coefficient (Wildman–Crippen LogP) is 3.16. The zero-order valence-electron chi connectivity index (χ0n) is 12.3. The number of carbonyl (C=O) groups is 1. The lowest BCUT2D eigenvalue weighted by atomic mass is 9.87. The maximum absolute atomic E-state index is 12.5. The van der Waals surface area contributed by atoms with Crippen molar-refractivity contribution < 1.29 is 22.4 Å². The molecule has 2 aromatic rings. The molecular formula is C14H16F3N3O2. The zero-order chi connectivity index (χ0) is 16.7. The van der Waals surface area contributed by atoms with Gasteiger partial charge in [-0.1, -0.05) is 20.8 Å². The number of aromatic nitrogens is 1. The molecule has 0 aliphatic heterocycles. The molecule has 0 bridgehead atoms. The molecule has 3 N–H and O–H groups in total. The molecule has 1 aromatic carbocycles. The highest BCUT2D eigenvalue weighted by atomic mass is 19.4. The lowest BCUT2D eigenvalue weighted by molar-refractivity contribution is -0.156. The van der Waals surface area contributed by atoms with Crippen LogP contribution in [0.4, 0.5) is 18.9 Å². The number of hydrogen-bond acceptors (Lipinski definition) is 4. The Labute approximate surface area is 124 Å². The molecule has 2 rings (SSSR count). The van der Waals surface area contributed by atoms with E-state index in [9.17, 15) is 18.0 Å². The molecule has 0 fully saturated rings. The van der Waals surface area contributed by atoms with E-state index < -0.39 is 29.4 Å². The number of anilines is 1. The van der Waals surface area contributed by atoms with Crippen molar-refractivity contribution in [2.75, 3.05) is 5.32 Å². The van der Waals surface area contributed by atoms with Gasteiger partial charge in [-0.25, -0.2) is 4.98 Å². The third-order valence-corrected chi connectivity index (χ3v) is 3.11. The SMILES string of the molecule is CC(C)(C)[C@H](N)C(=O)Nc1ccc2oc(C(F)(F)F)nc2c1. The molecule has 22 heavy (non-hydrogen) atoms. The van der Waals surface area contributed by atoms with Crippen molar-refractivity contribution in [2.45, 2.75) is 33.0 Å². The van der Waals surface area contributed by atoms with Crippen molar-refractivity contribution in [1.82, 2.24) is 4.98 Å². The van der Waals surface area contributed by atoms with Crippen molar-refractivity contribution in [3.63, 3.8) is 0 Å². The minimum absolute atomic E-state index is 0.00875. The van der Waals surface area contributed by atoms with Crippen molar-refractivity contribution in [3.05, 3.63) is 24.1 Å². The molecule has 0 spiro atoms. The average Bonchev–Trinajstić information content (AvgIpc) is 2.79. The number of halogens is 3. The first-order valence-corrected chi connectivity index (χ1v) is 6.53. The van der Waals surface area contributed by atoms with Gasteiger partial charge in [-0.2, -0.15) is 13.2 Å². The van der Waals surface area contributed by atoms with Crippen LogP contribution in [-0.2, 0) is 11.0 Å². The van der Waals surface area contributed by atoms with E-state index in [1.54, 1.807) is 0 Å². The topological polar surface area (TPSA) is 81.2 Å². The van der Waals surface area contributed by atoms with Crippen molar-refractivity contribution in [3.8, 4) is 0 Å². The van der Waals surface area contributed by atoms with Crippen LogP contribution in [0.3, 0.4) is 0 Å². The average molecular weight is 315 g/mol. The van der Waals surface area contributed by atoms with Gasteiger partial charge in [0.1, 0.15) is 5.52 Å². The van der Waals surface area contributed by atoms with E-state index in [2.05, 4.69) is 14.7 Å². The second-order valence-corrected chi connectivity index (χ2v) is 6.03. The number of alkyl halides is 3. The molecule has 0 aliphatic carbocycles.